The molecule has 120 valence electrons. The van der Waals surface area contributed by atoms with Crippen molar-refractivity contribution in [1.82, 2.24) is 5.32 Å². The van der Waals surface area contributed by atoms with Crippen LogP contribution >= 0.6 is 23.2 Å². The molecule has 0 saturated carbocycles. The number of nitrogens with zero attached hydrogens (tertiary/aromatic N) is 1. The van der Waals surface area contributed by atoms with E-state index in [0.717, 1.165) is 6.07 Å². The number of amides is 1. The lowest BCUT2D eigenvalue weighted by Gasteiger charge is -2.08. The zero-order valence-electron chi connectivity index (χ0n) is 11.8. The molecule has 0 bridgehead atoms. The van der Waals surface area contributed by atoms with Crippen LogP contribution in [0.2, 0.25) is 10.0 Å². The van der Waals surface area contributed by atoms with Crippen LogP contribution in [0.4, 0.5) is 5.69 Å². The number of nitrogens with one attached hydrogen (secondary N) is 1. The molecule has 0 radical (unpaired) electrons. The highest BCUT2D eigenvalue weighted by Gasteiger charge is 2.15. The Balaban J connectivity index is 1.86. The first-order chi connectivity index (χ1) is 11.0. The number of nitro benzene ring substituents is 1. The van der Waals surface area contributed by atoms with E-state index in [2.05, 4.69) is 5.32 Å². The molecule has 0 aliphatic heterocycles. The summed E-state index contributed by atoms with van der Waals surface area (Å²) in [6.07, 6.45) is 0. The second-order valence-corrected chi connectivity index (χ2v) is 5.33. The summed E-state index contributed by atoms with van der Waals surface area (Å²) in [5, 5.41) is 14.0. The fourth-order valence-corrected chi connectivity index (χ4v) is 2.07. The third-order valence-corrected chi connectivity index (χ3v) is 3.45. The minimum atomic E-state index is -0.636. The van der Waals surface area contributed by atoms with Gasteiger partial charge in [-0.15, -0.1) is 0 Å². The van der Waals surface area contributed by atoms with Crippen molar-refractivity contribution in [3.63, 3.8) is 0 Å². The van der Waals surface area contributed by atoms with Gasteiger partial charge >= 0.3 is 0 Å². The molecule has 2 aromatic rings. The number of carbonyl (C=O) groups excluding carboxylic acids is 1. The van der Waals surface area contributed by atoms with Gasteiger partial charge in [0.05, 0.1) is 11.5 Å². The summed E-state index contributed by atoms with van der Waals surface area (Å²) in [5.41, 5.74) is -0.149. The van der Waals surface area contributed by atoms with Gasteiger partial charge in [0.1, 0.15) is 17.4 Å². The Morgan fingerprint density at radius 3 is 2.52 bits per heavy atom. The van der Waals surface area contributed by atoms with E-state index in [0.29, 0.717) is 10.8 Å². The lowest BCUT2D eigenvalue weighted by Crippen LogP contribution is -2.28. The maximum Gasteiger partial charge on any atom is 0.288 e. The first-order valence-corrected chi connectivity index (χ1v) is 7.33. The Morgan fingerprint density at radius 2 is 1.87 bits per heavy atom. The van der Waals surface area contributed by atoms with Gasteiger partial charge in [-0.25, -0.2) is 0 Å². The van der Waals surface area contributed by atoms with Crippen LogP contribution in [0.15, 0.2) is 42.5 Å². The molecule has 23 heavy (non-hydrogen) atoms. The molecule has 1 N–H and O–H groups in total. The molecule has 0 fully saturated rings. The average molecular weight is 355 g/mol. The topological polar surface area (TPSA) is 81.5 Å². The molecular weight excluding hydrogens is 343 g/mol. The smallest absolute Gasteiger partial charge is 0.288 e. The zero-order chi connectivity index (χ0) is 16.8. The number of rotatable bonds is 6. The summed E-state index contributed by atoms with van der Waals surface area (Å²) < 4.78 is 5.43. The standard InChI is InChI=1S/C15H12Cl2N2O4/c16-11-2-4-12(5-3-11)23-8-7-18-15(20)10-1-6-13(17)14(9-10)19(21)22/h1-6,9H,7-8H2,(H,18,20). The third kappa shape index (κ3) is 4.84. The number of hydrogen-bond acceptors (Lipinski definition) is 4. The normalized spacial score (nSPS) is 10.2. The minimum absolute atomic E-state index is 0.0161. The molecule has 0 aliphatic rings. The second kappa shape index (κ2) is 7.80. The number of carbonyl (C=O) groups is 1. The second-order valence-electron chi connectivity index (χ2n) is 4.48. The van der Waals surface area contributed by atoms with Crippen molar-refractivity contribution in [2.24, 2.45) is 0 Å². The van der Waals surface area contributed by atoms with Crippen LogP contribution in [0.3, 0.4) is 0 Å². The Kier molecular flexibility index (Phi) is 5.78. The minimum Gasteiger partial charge on any atom is -0.492 e. The van der Waals surface area contributed by atoms with E-state index in [1.54, 1.807) is 24.3 Å². The van der Waals surface area contributed by atoms with Crippen molar-refractivity contribution in [1.29, 1.82) is 0 Å². The summed E-state index contributed by atoms with van der Waals surface area (Å²) in [5.74, 6) is 0.190. The van der Waals surface area contributed by atoms with Crippen molar-refractivity contribution >= 4 is 34.8 Å². The Hall–Kier alpha value is -2.31. The largest absolute Gasteiger partial charge is 0.492 e. The molecule has 6 nitrogen and oxygen atoms in total. The number of ether oxygens (including phenoxy) is 1. The van der Waals surface area contributed by atoms with Crippen LogP contribution < -0.4 is 10.1 Å². The molecular formula is C15H12Cl2N2O4. The Bertz CT molecular complexity index is 720. The van der Waals surface area contributed by atoms with E-state index in [1.165, 1.54) is 12.1 Å². The maximum atomic E-state index is 11.9. The highest BCUT2D eigenvalue weighted by atomic mass is 35.5. The average Bonchev–Trinajstić information content (AvgIpc) is 2.53. The first-order valence-electron chi connectivity index (χ1n) is 6.58. The molecule has 2 aromatic carbocycles. The molecule has 0 saturated heterocycles. The molecule has 8 heteroatoms. The number of benzene rings is 2. The van der Waals surface area contributed by atoms with Crippen LogP contribution in [0.1, 0.15) is 10.4 Å². The van der Waals surface area contributed by atoms with E-state index in [-0.39, 0.29) is 29.4 Å². The molecule has 2 rings (SSSR count). The van der Waals surface area contributed by atoms with E-state index in [4.69, 9.17) is 27.9 Å². The zero-order valence-corrected chi connectivity index (χ0v) is 13.3. The number of halogens is 2. The molecule has 0 heterocycles. The van der Waals surface area contributed by atoms with Crippen molar-refractivity contribution in [2.75, 3.05) is 13.2 Å². The molecule has 0 aliphatic carbocycles. The Morgan fingerprint density at radius 1 is 1.17 bits per heavy atom. The molecule has 1 amide bonds. The molecule has 0 spiro atoms. The highest BCUT2D eigenvalue weighted by molar-refractivity contribution is 6.32. The quantitative estimate of drug-likeness (QED) is 0.487. The van der Waals surface area contributed by atoms with Gasteiger partial charge in [-0.2, -0.15) is 0 Å². The van der Waals surface area contributed by atoms with Crippen LogP contribution in [-0.2, 0) is 0 Å². The van der Waals surface area contributed by atoms with E-state index >= 15 is 0 Å². The maximum absolute atomic E-state index is 11.9. The molecule has 0 atom stereocenters. The van der Waals surface area contributed by atoms with E-state index in [9.17, 15) is 14.9 Å². The monoisotopic (exact) mass is 354 g/mol. The summed E-state index contributed by atoms with van der Waals surface area (Å²) in [6, 6.07) is 10.7. The summed E-state index contributed by atoms with van der Waals surface area (Å²) in [4.78, 5) is 22.1. The van der Waals surface area contributed by atoms with Gasteiger partial charge in [-0.05, 0) is 36.4 Å². The fourth-order valence-electron chi connectivity index (χ4n) is 1.76. The molecule has 0 aromatic heterocycles. The summed E-state index contributed by atoms with van der Waals surface area (Å²) >= 11 is 11.5. The van der Waals surface area contributed by atoms with Gasteiger partial charge in [0.25, 0.3) is 11.6 Å². The third-order valence-electron chi connectivity index (χ3n) is 2.88. The first kappa shape index (κ1) is 17.1. The number of nitro groups is 1. The lowest BCUT2D eigenvalue weighted by atomic mass is 10.2. The van der Waals surface area contributed by atoms with Crippen LogP contribution in [0.25, 0.3) is 0 Å². The molecule has 0 unspecified atom stereocenters. The summed E-state index contributed by atoms with van der Waals surface area (Å²) in [7, 11) is 0. The highest BCUT2D eigenvalue weighted by Crippen LogP contribution is 2.24. The van der Waals surface area contributed by atoms with Crippen molar-refractivity contribution in [2.45, 2.75) is 0 Å². The summed E-state index contributed by atoms with van der Waals surface area (Å²) in [6.45, 7) is 0.501. The SMILES string of the molecule is O=C(NCCOc1ccc(Cl)cc1)c1ccc(Cl)c([N+](=O)[O-])c1. The van der Waals surface area contributed by atoms with E-state index < -0.39 is 10.8 Å². The predicted octanol–water partition coefficient (Wildman–Crippen LogP) is 3.71. The van der Waals surface area contributed by atoms with Crippen LogP contribution in [0.5, 0.6) is 5.75 Å². The van der Waals surface area contributed by atoms with Gasteiger partial charge < -0.3 is 10.1 Å². The van der Waals surface area contributed by atoms with Gasteiger partial charge in [-0.1, -0.05) is 23.2 Å². The van der Waals surface area contributed by atoms with Gasteiger partial charge in [0.2, 0.25) is 0 Å². The van der Waals surface area contributed by atoms with E-state index in [1.807, 2.05) is 0 Å². The van der Waals surface area contributed by atoms with Crippen LogP contribution in [0, 0.1) is 10.1 Å². The lowest BCUT2D eigenvalue weighted by molar-refractivity contribution is -0.384. The van der Waals surface area contributed by atoms with Gasteiger partial charge in [0.15, 0.2) is 0 Å². The van der Waals surface area contributed by atoms with Crippen molar-refractivity contribution < 1.29 is 14.5 Å². The van der Waals surface area contributed by atoms with Crippen LogP contribution in [-0.4, -0.2) is 24.0 Å². The van der Waals surface area contributed by atoms with Crippen molar-refractivity contribution in [3.8, 4) is 5.75 Å². The van der Waals surface area contributed by atoms with Gasteiger partial charge in [0, 0.05) is 16.7 Å². The van der Waals surface area contributed by atoms with Crippen molar-refractivity contribution in [3.05, 3.63) is 68.2 Å². The predicted molar refractivity (Wildman–Crippen MR) is 87.4 cm³/mol. The fraction of sp³-hybridized carbons (Fsp3) is 0.133. The number of hydrogen-bond donors (Lipinski definition) is 1. The van der Waals surface area contributed by atoms with Gasteiger partial charge in [-0.3, -0.25) is 14.9 Å². The Labute approximate surface area is 142 Å².